The number of aromatic amines is 1. The van der Waals surface area contributed by atoms with Crippen LogP contribution < -0.4 is 0 Å². The molecule has 3 aromatic rings. The highest BCUT2D eigenvalue weighted by atomic mass is 19.4. The van der Waals surface area contributed by atoms with Crippen LogP contribution >= 0.6 is 0 Å². The summed E-state index contributed by atoms with van der Waals surface area (Å²) in [6, 6.07) is 2.09. The van der Waals surface area contributed by atoms with E-state index in [9.17, 15) is 27.2 Å². The highest BCUT2D eigenvalue weighted by molar-refractivity contribution is 6.25. The van der Waals surface area contributed by atoms with E-state index in [2.05, 4.69) is 15.2 Å². The number of rotatable bonds is 2. The van der Waals surface area contributed by atoms with Gasteiger partial charge in [-0.25, -0.2) is 9.37 Å². The minimum absolute atomic E-state index is 0.0143. The molecule has 0 radical (unpaired) electrons. The second-order valence-electron chi connectivity index (χ2n) is 5.67. The van der Waals surface area contributed by atoms with E-state index in [0.29, 0.717) is 16.4 Å². The topological polar surface area (TPSA) is 79.0 Å². The number of carbonyl (C=O) groups excluding carboxylic acids is 2. The smallest absolute Gasteiger partial charge is 0.270 e. The van der Waals surface area contributed by atoms with E-state index >= 15 is 0 Å². The Bertz CT molecular complexity index is 1070. The molecule has 0 fully saturated rings. The monoisotopic (exact) mass is 364 g/mol. The number of nitrogens with one attached hydrogen (secondary N) is 1. The Morgan fingerprint density at radius 3 is 2.62 bits per heavy atom. The fraction of sp³-hybridized carbons (Fsp3) is 0.125. The molecule has 2 aromatic heterocycles. The zero-order valence-electron chi connectivity index (χ0n) is 12.8. The fourth-order valence-corrected chi connectivity index (χ4v) is 2.93. The lowest BCUT2D eigenvalue weighted by Gasteiger charge is -2.18. The van der Waals surface area contributed by atoms with Gasteiger partial charge in [0, 0.05) is 6.20 Å². The van der Waals surface area contributed by atoms with Crippen molar-refractivity contribution in [2.24, 2.45) is 0 Å². The first-order valence-corrected chi connectivity index (χ1v) is 7.31. The standard InChI is InChI=1S/C16H8F4N4O2/c17-8-2-1-7(11(3-8)16(18,19)20)6-24-14(25)10-4-21-13-9(5-22-23-13)12(10)15(24)26/h1-5H,6H2,(H,21,22,23). The van der Waals surface area contributed by atoms with E-state index in [0.717, 1.165) is 12.1 Å². The van der Waals surface area contributed by atoms with Gasteiger partial charge in [-0.1, -0.05) is 6.07 Å². The van der Waals surface area contributed by atoms with Crippen molar-refractivity contribution in [1.82, 2.24) is 20.1 Å². The summed E-state index contributed by atoms with van der Waals surface area (Å²) in [6.07, 6.45) is -2.34. The molecule has 0 aliphatic carbocycles. The third-order valence-corrected chi connectivity index (χ3v) is 4.12. The van der Waals surface area contributed by atoms with Crippen molar-refractivity contribution in [3.8, 4) is 0 Å². The van der Waals surface area contributed by atoms with Gasteiger partial charge < -0.3 is 0 Å². The Morgan fingerprint density at radius 1 is 1.12 bits per heavy atom. The first-order valence-electron chi connectivity index (χ1n) is 7.31. The van der Waals surface area contributed by atoms with E-state index in [1.807, 2.05) is 0 Å². The maximum absolute atomic E-state index is 13.2. The summed E-state index contributed by atoms with van der Waals surface area (Å²) in [4.78, 5) is 29.8. The van der Waals surface area contributed by atoms with Crippen molar-refractivity contribution in [1.29, 1.82) is 0 Å². The van der Waals surface area contributed by atoms with Crippen LogP contribution in [0.5, 0.6) is 0 Å². The lowest BCUT2D eigenvalue weighted by Crippen LogP contribution is -2.30. The highest BCUT2D eigenvalue weighted by Gasteiger charge is 2.40. The number of fused-ring (bicyclic) bond motifs is 3. The average Bonchev–Trinajstić information content (AvgIpc) is 3.14. The predicted molar refractivity (Wildman–Crippen MR) is 79.5 cm³/mol. The van der Waals surface area contributed by atoms with Crippen LogP contribution in [0.25, 0.3) is 11.0 Å². The van der Waals surface area contributed by atoms with Crippen LogP contribution in [0.3, 0.4) is 0 Å². The molecule has 1 N–H and O–H groups in total. The van der Waals surface area contributed by atoms with Gasteiger partial charge in [0.05, 0.1) is 34.8 Å². The predicted octanol–water partition coefficient (Wildman–Crippen LogP) is 2.91. The zero-order valence-corrected chi connectivity index (χ0v) is 12.8. The van der Waals surface area contributed by atoms with Gasteiger partial charge in [-0.05, 0) is 17.7 Å². The zero-order chi connectivity index (χ0) is 18.6. The number of nitrogens with zero attached hydrogens (tertiary/aromatic N) is 3. The van der Waals surface area contributed by atoms with Gasteiger partial charge in [-0.2, -0.15) is 18.3 Å². The molecule has 2 amide bonds. The molecule has 6 nitrogen and oxygen atoms in total. The molecule has 1 aromatic carbocycles. The molecule has 0 atom stereocenters. The van der Waals surface area contributed by atoms with Crippen LogP contribution in [-0.2, 0) is 12.7 Å². The van der Waals surface area contributed by atoms with E-state index in [1.165, 1.54) is 12.4 Å². The summed E-state index contributed by atoms with van der Waals surface area (Å²) in [5.41, 5.74) is -1.32. The number of hydrogen-bond donors (Lipinski definition) is 1. The SMILES string of the molecule is O=C1c2cnc3[nH]ncc3c2C(=O)N1Cc1ccc(F)cc1C(F)(F)F. The van der Waals surface area contributed by atoms with Crippen molar-refractivity contribution in [3.63, 3.8) is 0 Å². The lowest BCUT2D eigenvalue weighted by molar-refractivity contribution is -0.138. The van der Waals surface area contributed by atoms with Gasteiger partial charge >= 0.3 is 6.18 Å². The second-order valence-corrected chi connectivity index (χ2v) is 5.67. The van der Waals surface area contributed by atoms with Crippen molar-refractivity contribution in [2.45, 2.75) is 12.7 Å². The quantitative estimate of drug-likeness (QED) is 0.560. The van der Waals surface area contributed by atoms with E-state index in [4.69, 9.17) is 0 Å². The number of H-pyrrole nitrogens is 1. The Balaban J connectivity index is 1.77. The Labute approximate surface area is 142 Å². The summed E-state index contributed by atoms with van der Waals surface area (Å²) in [7, 11) is 0. The molecule has 0 saturated heterocycles. The molecule has 1 aliphatic heterocycles. The number of amides is 2. The maximum Gasteiger partial charge on any atom is 0.416 e. The molecule has 0 bridgehead atoms. The second kappa shape index (κ2) is 5.35. The molecular weight excluding hydrogens is 356 g/mol. The summed E-state index contributed by atoms with van der Waals surface area (Å²) in [6.45, 7) is -0.638. The van der Waals surface area contributed by atoms with E-state index < -0.39 is 35.9 Å². The Hall–Kier alpha value is -3.30. The molecule has 26 heavy (non-hydrogen) atoms. The van der Waals surface area contributed by atoms with Crippen molar-refractivity contribution in [3.05, 3.63) is 58.7 Å². The maximum atomic E-state index is 13.2. The largest absolute Gasteiger partial charge is 0.416 e. The van der Waals surface area contributed by atoms with Crippen LogP contribution in [0.15, 0.2) is 30.6 Å². The molecule has 0 unspecified atom stereocenters. The van der Waals surface area contributed by atoms with Crippen LogP contribution in [0.1, 0.15) is 31.8 Å². The van der Waals surface area contributed by atoms with Crippen LogP contribution in [0.2, 0.25) is 0 Å². The Morgan fingerprint density at radius 2 is 1.88 bits per heavy atom. The summed E-state index contributed by atoms with van der Waals surface area (Å²) >= 11 is 0. The first-order chi connectivity index (χ1) is 12.3. The normalized spacial score (nSPS) is 14.4. The van der Waals surface area contributed by atoms with Gasteiger partial charge in [-0.3, -0.25) is 19.6 Å². The van der Waals surface area contributed by atoms with Crippen LogP contribution in [-0.4, -0.2) is 31.9 Å². The number of benzene rings is 1. The van der Waals surface area contributed by atoms with E-state index in [1.54, 1.807) is 0 Å². The number of alkyl halides is 3. The molecular formula is C16H8F4N4O2. The van der Waals surface area contributed by atoms with Crippen LogP contribution in [0, 0.1) is 5.82 Å². The van der Waals surface area contributed by atoms with Crippen molar-refractivity contribution < 1.29 is 27.2 Å². The van der Waals surface area contributed by atoms with Gasteiger partial charge in [-0.15, -0.1) is 0 Å². The number of halogens is 4. The number of hydrogen-bond acceptors (Lipinski definition) is 4. The summed E-state index contributed by atoms with van der Waals surface area (Å²) < 4.78 is 52.7. The van der Waals surface area contributed by atoms with Crippen LogP contribution in [0.4, 0.5) is 17.6 Å². The molecule has 132 valence electrons. The molecule has 0 saturated carbocycles. The molecule has 1 aliphatic rings. The number of aromatic nitrogens is 3. The van der Waals surface area contributed by atoms with Gasteiger partial charge in [0.15, 0.2) is 5.65 Å². The molecule has 4 rings (SSSR count). The van der Waals surface area contributed by atoms with Gasteiger partial charge in [0.1, 0.15) is 5.82 Å². The average molecular weight is 364 g/mol. The van der Waals surface area contributed by atoms with Crippen molar-refractivity contribution in [2.75, 3.05) is 0 Å². The van der Waals surface area contributed by atoms with Crippen molar-refractivity contribution >= 4 is 22.8 Å². The molecule has 10 heteroatoms. The minimum atomic E-state index is -4.82. The third-order valence-electron chi connectivity index (χ3n) is 4.12. The summed E-state index contributed by atoms with van der Waals surface area (Å²) in [5.74, 6) is -2.58. The van der Waals surface area contributed by atoms with Gasteiger partial charge in [0.2, 0.25) is 0 Å². The number of carbonyl (C=O) groups is 2. The Kier molecular flexibility index (Phi) is 3.33. The first kappa shape index (κ1) is 16.2. The highest BCUT2D eigenvalue weighted by Crippen LogP contribution is 2.35. The van der Waals surface area contributed by atoms with Gasteiger partial charge in [0.25, 0.3) is 11.8 Å². The minimum Gasteiger partial charge on any atom is -0.270 e. The molecule has 3 heterocycles. The fourth-order valence-electron chi connectivity index (χ4n) is 2.93. The summed E-state index contributed by atoms with van der Waals surface area (Å²) in [5, 5.41) is 6.60. The number of imide groups is 1. The molecule has 0 spiro atoms. The van der Waals surface area contributed by atoms with E-state index in [-0.39, 0.29) is 22.3 Å². The lowest BCUT2D eigenvalue weighted by atomic mass is 10.1. The number of pyridine rings is 1. The third kappa shape index (κ3) is 2.33.